The van der Waals surface area contributed by atoms with Crippen LogP contribution in [-0.4, -0.2) is 28.7 Å². The number of nitrogens with zero attached hydrogens (tertiary/aromatic N) is 2. The van der Waals surface area contributed by atoms with Gasteiger partial charge in [0.1, 0.15) is 11.3 Å². The van der Waals surface area contributed by atoms with Gasteiger partial charge in [-0.3, -0.25) is 10.1 Å². The number of nitro groups is 1. The lowest BCUT2D eigenvalue weighted by Gasteiger charge is -2.50. The summed E-state index contributed by atoms with van der Waals surface area (Å²) in [7, 11) is 0. The summed E-state index contributed by atoms with van der Waals surface area (Å²) in [4.78, 5) is 12.5. The molecule has 0 bridgehead atoms. The summed E-state index contributed by atoms with van der Waals surface area (Å²) < 4.78 is 0. The highest BCUT2D eigenvalue weighted by Gasteiger charge is 2.45. The molecule has 98 valence electrons. The minimum absolute atomic E-state index is 0.103. The van der Waals surface area contributed by atoms with Crippen molar-refractivity contribution in [2.45, 2.75) is 26.4 Å². The molecule has 5 heteroatoms. The third-order valence-corrected chi connectivity index (χ3v) is 3.67. The lowest BCUT2D eigenvalue weighted by molar-refractivity contribution is -0.384. The third kappa shape index (κ3) is 2.06. The quantitative estimate of drug-likeness (QED) is 0.659. The fraction of sp³-hybridized carbons (Fsp3) is 0.538. The second-order valence-electron chi connectivity index (χ2n) is 5.36. The number of hydrogen-bond donors (Lipinski definition) is 1. The first kappa shape index (κ1) is 12.8. The van der Waals surface area contributed by atoms with E-state index >= 15 is 0 Å². The van der Waals surface area contributed by atoms with E-state index in [9.17, 15) is 15.2 Å². The Hall–Kier alpha value is -1.62. The molecule has 1 aliphatic heterocycles. The van der Waals surface area contributed by atoms with Gasteiger partial charge in [0, 0.05) is 19.2 Å². The van der Waals surface area contributed by atoms with Gasteiger partial charge in [-0.1, -0.05) is 19.9 Å². The van der Waals surface area contributed by atoms with E-state index in [1.807, 2.05) is 25.7 Å². The van der Waals surface area contributed by atoms with Crippen LogP contribution in [0.2, 0.25) is 0 Å². The van der Waals surface area contributed by atoms with Gasteiger partial charge in [0.05, 0.1) is 4.92 Å². The summed E-state index contributed by atoms with van der Waals surface area (Å²) in [5.41, 5.74) is 0.963. The van der Waals surface area contributed by atoms with Gasteiger partial charge in [0.15, 0.2) is 0 Å². The lowest BCUT2D eigenvalue weighted by atomic mass is 9.82. The smallest absolute Gasteiger partial charge is 0.292 e. The molecule has 0 aromatic heterocycles. The molecule has 1 N–H and O–H groups in total. The number of anilines is 1. The Morgan fingerprint density at radius 1 is 1.44 bits per heavy atom. The minimum Gasteiger partial charge on any atom is -0.386 e. The topological polar surface area (TPSA) is 66.6 Å². The molecular formula is C13H18N2O3. The highest BCUT2D eigenvalue weighted by atomic mass is 16.6. The maximum Gasteiger partial charge on any atom is 0.292 e. The molecule has 0 saturated carbocycles. The van der Waals surface area contributed by atoms with Crippen molar-refractivity contribution >= 4 is 11.4 Å². The van der Waals surface area contributed by atoms with Gasteiger partial charge >= 0.3 is 0 Å². The van der Waals surface area contributed by atoms with Crippen LogP contribution in [0.3, 0.4) is 0 Å². The summed E-state index contributed by atoms with van der Waals surface area (Å²) in [5.74, 6) is 0.151. The minimum atomic E-state index is -0.725. The van der Waals surface area contributed by atoms with Crippen molar-refractivity contribution < 1.29 is 10.0 Å². The van der Waals surface area contributed by atoms with Gasteiger partial charge < -0.3 is 10.0 Å². The average molecular weight is 250 g/mol. The van der Waals surface area contributed by atoms with Crippen LogP contribution in [0.15, 0.2) is 18.2 Å². The van der Waals surface area contributed by atoms with Gasteiger partial charge in [-0.15, -0.1) is 0 Å². The van der Waals surface area contributed by atoms with Crippen molar-refractivity contribution in [3.63, 3.8) is 0 Å². The zero-order chi connectivity index (χ0) is 13.5. The largest absolute Gasteiger partial charge is 0.386 e. The molecular weight excluding hydrogens is 232 g/mol. The fourth-order valence-electron chi connectivity index (χ4n) is 2.19. The number of rotatable bonds is 3. The van der Waals surface area contributed by atoms with Crippen molar-refractivity contribution in [3.05, 3.63) is 33.9 Å². The molecule has 0 spiro atoms. The molecule has 18 heavy (non-hydrogen) atoms. The van der Waals surface area contributed by atoms with Gasteiger partial charge in [0.25, 0.3) is 5.69 Å². The Morgan fingerprint density at radius 3 is 2.56 bits per heavy atom. The van der Waals surface area contributed by atoms with Crippen LogP contribution in [0.5, 0.6) is 0 Å². The molecule has 1 aromatic carbocycles. The average Bonchev–Trinajstić information content (AvgIpc) is 2.23. The van der Waals surface area contributed by atoms with E-state index in [0.29, 0.717) is 18.8 Å². The van der Waals surface area contributed by atoms with Crippen LogP contribution >= 0.6 is 0 Å². The van der Waals surface area contributed by atoms with Gasteiger partial charge in [-0.2, -0.15) is 0 Å². The first-order valence-electron chi connectivity index (χ1n) is 6.06. The second-order valence-corrected chi connectivity index (χ2v) is 5.36. The highest BCUT2D eigenvalue weighted by Crippen LogP contribution is 2.37. The van der Waals surface area contributed by atoms with Gasteiger partial charge in [-0.25, -0.2) is 0 Å². The van der Waals surface area contributed by atoms with E-state index in [1.54, 1.807) is 12.1 Å². The van der Waals surface area contributed by atoms with Crippen molar-refractivity contribution in [2.75, 3.05) is 18.0 Å². The zero-order valence-electron chi connectivity index (χ0n) is 10.9. The van der Waals surface area contributed by atoms with Crippen LogP contribution in [0.25, 0.3) is 0 Å². The van der Waals surface area contributed by atoms with E-state index in [1.165, 1.54) is 6.07 Å². The molecule has 0 unspecified atom stereocenters. The molecule has 5 nitrogen and oxygen atoms in total. The predicted octanol–water partition coefficient (Wildman–Crippen LogP) is 2.11. The molecule has 0 atom stereocenters. The summed E-state index contributed by atoms with van der Waals surface area (Å²) in [6.07, 6.45) is 0. The Morgan fingerprint density at radius 2 is 2.06 bits per heavy atom. The molecule has 0 radical (unpaired) electrons. The van der Waals surface area contributed by atoms with E-state index in [2.05, 4.69) is 0 Å². The molecule has 0 aliphatic carbocycles. The van der Waals surface area contributed by atoms with Gasteiger partial charge in [0.2, 0.25) is 0 Å². The summed E-state index contributed by atoms with van der Waals surface area (Å²) in [5, 5.41) is 21.2. The third-order valence-electron chi connectivity index (χ3n) is 3.67. The van der Waals surface area contributed by atoms with Crippen LogP contribution in [0, 0.1) is 23.0 Å². The van der Waals surface area contributed by atoms with Crippen LogP contribution in [0.1, 0.15) is 19.4 Å². The summed E-state index contributed by atoms with van der Waals surface area (Å²) in [6, 6.07) is 5.06. The zero-order valence-corrected chi connectivity index (χ0v) is 10.9. The number of benzene rings is 1. The Labute approximate surface area is 106 Å². The Balaban J connectivity index is 2.26. The fourth-order valence-corrected chi connectivity index (χ4v) is 2.19. The number of aliphatic hydroxyl groups is 1. The maximum atomic E-state index is 11.0. The monoisotopic (exact) mass is 250 g/mol. The molecule has 1 aromatic rings. The second kappa shape index (κ2) is 4.24. The standard InChI is InChI=1S/C13H18N2O3/c1-9(2)13(16)7-14(8-13)12-6-10(3)4-5-11(12)15(17)18/h4-6,9,16H,7-8H2,1-3H3. The van der Waals surface area contributed by atoms with Crippen molar-refractivity contribution in [3.8, 4) is 0 Å². The lowest BCUT2D eigenvalue weighted by Crippen LogP contribution is -2.64. The molecule has 2 rings (SSSR count). The van der Waals surface area contributed by atoms with Crippen LogP contribution < -0.4 is 4.90 Å². The van der Waals surface area contributed by atoms with Gasteiger partial charge in [-0.05, 0) is 24.5 Å². The van der Waals surface area contributed by atoms with E-state index < -0.39 is 5.60 Å². The normalized spacial score (nSPS) is 17.7. The first-order valence-corrected chi connectivity index (χ1v) is 6.06. The summed E-state index contributed by atoms with van der Waals surface area (Å²) >= 11 is 0. The maximum absolute atomic E-state index is 11.0. The highest BCUT2D eigenvalue weighted by molar-refractivity contribution is 5.66. The number of nitro benzene ring substituents is 1. The molecule has 1 heterocycles. The van der Waals surface area contributed by atoms with Crippen molar-refractivity contribution in [1.29, 1.82) is 0 Å². The predicted molar refractivity (Wildman–Crippen MR) is 69.8 cm³/mol. The van der Waals surface area contributed by atoms with E-state index in [0.717, 1.165) is 5.56 Å². The summed E-state index contributed by atoms with van der Waals surface area (Å²) in [6.45, 7) is 6.73. The van der Waals surface area contributed by atoms with Crippen molar-refractivity contribution in [2.24, 2.45) is 5.92 Å². The molecule has 1 fully saturated rings. The van der Waals surface area contributed by atoms with E-state index in [-0.39, 0.29) is 16.5 Å². The molecule has 1 saturated heterocycles. The van der Waals surface area contributed by atoms with Crippen LogP contribution in [-0.2, 0) is 0 Å². The van der Waals surface area contributed by atoms with E-state index in [4.69, 9.17) is 0 Å². The number of β-amino-alcohol motifs (C(OH)–C–C–N with tert-alkyl or cyclic N) is 1. The Kier molecular flexibility index (Phi) is 3.02. The van der Waals surface area contributed by atoms with Crippen LogP contribution in [0.4, 0.5) is 11.4 Å². The Bertz CT molecular complexity index is 479. The number of aryl methyl sites for hydroxylation is 1. The number of hydrogen-bond acceptors (Lipinski definition) is 4. The molecule has 0 amide bonds. The SMILES string of the molecule is Cc1ccc([N+](=O)[O-])c(N2CC(O)(C(C)C)C2)c1. The van der Waals surface area contributed by atoms with Crippen molar-refractivity contribution in [1.82, 2.24) is 0 Å². The molecule has 1 aliphatic rings. The first-order chi connectivity index (χ1) is 8.33.